The number of hydrogen-bond acceptors (Lipinski definition) is 4. The molecular weight excluding hydrogens is 218 g/mol. The van der Waals surface area contributed by atoms with Crippen molar-refractivity contribution in [3.8, 4) is 0 Å². The molecule has 5 nitrogen and oxygen atoms in total. The smallest absolute Gasteiger partial charge is 0.272 e. The molecule has 1 aliphatic heterocycles. The lowest BCUT2D eigenvalue weighted by Crippen LogP contribution is -2.45. The second-order valence-electron chi connectivity index (χ2n) is 4.74. The predicted octanol–water partition coefficient (Wildman–Crippen LogP) is 0.651. The molecule has 1 fully saturated rings. The van der Waals surface area contributed by atoms with Gasteiger partial charge in [0, 0.05) is 13.1 Å². The zero-order valence-corrected chi connectivity index (χ0v) is 9.89. The highest BCUT2D eigenvalue weighted by molar-refractivity contribution is 5.92. The summed E-state index contributed by atoms with van der Waals surface area (Å²) in [6, 6.07) is 5.03. The highest BCUT2D eigenvalue weighted by Gasteiger charge is 2.30. The average molecular weight is 235 g/mol. The fourth-order valence-corrected chi connectivity index (χ4v) is 1.92. The summed E-state index contributed by atoms with van der Waals surface area (Å²) in [4.78, 5) is 17.8. The van der Waals surface area contributed by atoms with Gasteiger partial charge in [-0.2, -0.15) is 0 Å². The number of aliphatic hydroxyl groups is 1. The number of carbonyl (C=O) groups is 1. The van der Waals surface area contributed by atoms with E-state index in [0.717, 1.165) is 0 Å². The van der Waals surface area contributed by atoms with Gasteiger partial charge in [0.05, 0.1) is 5.60 Å². The van der Waals surface area contributed by atoms with Gasteiger partial charge in [0.25, 0.3) is 5.91 Å². The molecule has 2 heterocycles. The Balaban J connectivity index is 2.07. The van der Waals surface area contributed by atoms with Crippen molar-refractivity contribution in [3.63, 3.8) is 0 Å². The number of nitrogen functional groups attached to an aromatic ring is 1. The molecule has 0 spiro atoms. The summed E-state index contributed by atoms with van der Waals surface area (Å²) in [5.41, 5.74) is 5.26. The average Bonchev–Trinajstić information content (AvgIpc) is 2.28. The van der Waals surface area contributed by atoms with Crippen molar-refractivity contribution in [1.82, 2.24) is 9.88 Å². The van der Waals surface area contributed by atoms with Crippen molar-refractivity contribution in [2.24, 2.45) is 0 Å². The quantitative estimate of drug-likeness (QED) is 0.749. The lowest BCUT2D eigenvalue weighted by Gasteiger charge is -2.35. The predicted molar refractivity (Wildman–Crippen MR) is 64.4 cm³/mol. The number of nitrogens with zero attached hydrogens (tertiary/aromatic N) is 2. The van der Waals surface area contributed by atoms with Crippen molar-refractivity contribution in [2.45, 2.75) is 25.4 Å². The number of anilines is 1. The van der Waals surface area contributed by atoms with Crippen molar-refractivity contribution in [3.05, 3.63) is 23.9 Å². The Morgan fingerprint density at radius 2 is 2.12 bits per heavy atom. The maximum atomic E-state index is 12.1. The minimum absolute atomic E-state index is 0.118. The Labute approximate surface area is 100 Å². The number of likely N-dealkylation sites (tertiary alicyclic amines) is 1. The number of rotatable bonds is 1. The molecule has 0 aromatic carbocycles. The molecule has 1 aromatic heterocycles. The molecule has 1 aliphatic rings. The van der Waals surface area contributed by atoms with Gasteiger partial charge in [0.1, 0.15) is 11.5 Å². The van der Waals surface area contributed by atoms with Gasteiger partial charge < -0.3 is 15.7 Å². The van der Waals surface area contributed by atoms with Gasteiger partial charge in [-0.15, -0.1) is 0 Å². The molecule has 92 valence electrons. The first-order valence-corrected chi connectivity index (χ1v) is 5.72. The van der Waals surface area contributed by atoms with Crippen LogP contribution < -0.4 is 5.73 Å². The van der Waals surface area contributed by atoms with E-state index in [9.17, 15) is 9.90 Å². The molecule has 1 amide bonds. The molecule has 0 bridgehead atoms. The Morgan fingerprint density at radius 1 is 1.47 bits per heavy atom. The maximum absolute atomic E-state index is 12.1. The highest BCUT2D eigenvalue weighted by Crippen LogP contribution is 2.22. The van der Waals surface area contributed by atoms with Crippen molar-refractivity contribution < 1.29 is 9.90 Å². The van der Waals surface area contributed by atoms with Crippen LogP contribution in [-0.4, -0.2) is 39.6 Å². The van der Waals surface area contributed by atoms with E-state index >= 15 is 0 Å². The molecule has 2 rings (SSSR count). The number of aromatic nitrogens is 1. The van der Waals surface area contributed by atoms with Crippen LogP contribution in [0.1, 0.15) is 30.3 Å². The molecule has 3 N–H and O–H groups in total. The summed E-state index contributed by atoms with van der Waals surface area (Å²) < 4.78 is 0. The third kappa shape index (κ3) is 2.74. The standard InChI is InChI=1S/C12H17N3O2/c1-12(17)5-7-15(8-6-12)11(16)9-3-2-4-10(13)14-9/h2-4,17H,5-8H2,1H3,(H2,13,14). The Kier molecular flexibility index (Phi) is 3.02. The van der Waals surface area contributed by atoms with Crippen LogP contribution in [0.25, 0.3) is 0 Å². The molecule has 0 unspecified atom stereocenters. The highest BCUT2D eigenvalue weighted by atomic mass is 16.3. The Morgan fingerprint density at radius 3 is 2.71 bits per heavy atom. The molecule has 17 heavy (non-hydrogen) atoms. The molecular formula is C12H17N3O2. The van der Waals surface area contributed by atoms with Crippen molar-refractivity contribution >= 4 is 11.7 Å². The number of piperidine rings is 1. The number of carbonyl (C=O) groups excluding carboxylic acids is 1. The number of nitrogens with two attached hydrogens (primary N) is 1. The lowest BCUT2D eigenvalue weighted by atomic mass is 9.94. The summed E-state index contributed by atoms with van der Waals surface area (Å²) in [6.45, 7) is 2.91. The first kappa shape index (κ1) is 11.9. The van der Waals surface area contributed by atoms with Crippen LogP contribution >= 0.6 is 0 Å². The van der Waals surface area contributed by atoms with Gasteiger partial charge in [-0.05, 0) is 31.9 Å². The normalized spacial score (nSPS) is 19.1. The van der Waals surface area contributed by atoms with Crippen molar-refractivity contribution in [2.75, 3.05) is 18.8 Å². The first-order valence-electron chi connectivity index (χ1n) is 5.72. The zero-order chi connectivity index (χ0) is 12.5. The van der Waals surface area contributed by atoms with Crippen LogP contribution in [0, 0.1) is 0 Å². The van der Waals surface area contributed by atoms with Crippen LogP contribution in [0.5, 0.6) is 0 Å². The van der Waals surface area contributed by atoms with E-state index in [1.54, 1.807) is 30.0 Å². The van der Waals surface area contributed by atoms with E-state index in [-0.39, 0.29) is 5.91 Å². The summed E-state index contributed by atoms with van der Waals surface area (Å²) in [6.07, 6.45) is 1.20. The molecule has 0 aliphatic carbocycles. The van der Waals surface area contributed by atoms with Crippen LogP contribution in [0.3, 0.4) is 0 Å². The Bertz CT molecular complexity index is 422. The van der Waals surface area contributed by atoms with Crippen LogP contribution in [0.4, 0.5) is 5.82 Å². The van der Waals surface area contributed by atoms with E-state index in [1.165, 1.54) is 0 Å². The van der Waals surface area contributed by atoms with E-state index in [0.29, 0.717) is 37.4 Å². The molecule has 1 aromatic rings. The number of pyridine rings is 1. The lowest BCUT2D eigenvalue weighted by molar-refractivity contribution is -0.00218. The molecule has 5 heteroatoms. The van der Waals surface area contributed by atoms with Gasteiger partial charge in [-0.3, -0.25) is 4.79 Å². The summed E-state index contributed by atoms with van der Waals surface area (Å²) >= 11 is 0. The Hall–Kier alpha value is -1.62. The summed E-state index contributed by atoms with van der Waals surface area (Å²) in [5.74, 6) is 0.229. The van der Waals surface area contributed by atoms with E-state index in [1.807, 2.05) is 0 Å². The van der Waals surface area contributed by atoms with Crippen molar-refractivity contribution in [1.29, 1.82) is 0 Å². The molecule has 1 saturated heterocycles. The maximum Gasteiger partial charge on any atom is 0.272 e. The van der Waals surface area contributed by atoms with Gasteiger partial charge in [0.2, 0.25) is 0 Å². The van der Waals surface area contributed by atoms with E-state index in [4.69, 9.17) is 5.73 Å². The van der Waals surface area contributed by atoms with Gasteiger partial charge in [0.15, 0.2) is 0 Å². The SMILES string of the molecule is CC1(O)CCN(C(=O)c2cccc(N)n2)CC1. The van der Waals surface area contributed by atoms with E-state index < -0.39 is 5.60 Å². The van der Waals surface area contributed by atoms with Crippen LogP contribution in [0.2, 0.25) is 0 Å². The number of amides is 1. The summed E-state index contributed by atoms with van der Waals surface area (Å²) in [5, 5.41) is 9.82. The minimum atomic E-state index is -0.653. The van der Waals surface area contributed by atoms with Crippen LogP contribution in [0.15, 0.2) is 18.2 Å². The van der Waals surface area contributed by atoms with Crippen LogP contribution in [-0.2, 0) is 0 Å². The third-order valence-electron chi connectivity index (χ3n) is 3.12. The molecule has 0 saturated carbocycles. The number of hydrogen-bond donors (Lipinski definition) is 2. The monoisotopic (exact) mass is 235 g/mol. The van der Waals surface area contributed by atoms with Gasteiger partial charge in [-0.1, -0.05) is 6.07 Å². The van der Waals surface area contributed by atoms with Gasteiger partial charge >= 0.3 is 0 Å². The third-order valence-corrected chi connectivity index (χ3v) is 3.12. The fourth-order valence-electron chi connectivity index (χ4n) is 1.92. The largest absolute Gasteiger partial charge is 0.390 e. The fraction of sp³-hybridized carbons (Fsp3) is 0.500. The summed E-state index contributed by atoms with van der Waals surface area (Å²) in [7, 11) is 0. The minimum Gasteiger partial charge on any atom is -0.390 e. The second kappa shape index (κ2) is 4.33. The zero-order valence-electron chi connectivity index (χ0n) is 9.89. The first-order chi connectivity index (χ1) is 7.98. The van der Waals surface area contributed by atoms with Gasteiger partial charge in [-0.25, -0.2) is 4.98 Å². The molecule has 0 radical (unpaired) electrons. The van der Waals surface area contributed by atoms with E-state index in [2.05, 4.69) is 4.98 Å². The second-order valence-corrected chi connectivity index (χ2v) is 4.74. The molecule has 0 atom stereocenters. The topological polar surface area (TPSA) is 79.5 Å².